The second-order valence-corrected chi connectivity index (χ2v) is 2.07. The highest BCUT2D eigenvalue weighted by molar-refractivity contribution is 5.67. The Morgan fingerprint density at radius 1 is 1.89 bits per heavy atom. The Morgan fingerprint density at radius 3 is 3.11 bits per heavy atom. The van der Waals surface area contributed by atoms with Crippen LogP contribution in [-0.4, -0.2) is 18.8 Å². The molecular formula is C6H11N3. The number of nitrogens with one attached hydrogen (secondary N) is 1. The van der Waals surface area contributed by atoms with Crippen LogP contribution in [0.2, 0.25) is 0 Å². The van der Waals surface area contributed by atoms with Gasteiger partial charge in [0.2, 0.25) is 0 Å². The largest absolute Gasteiger partial charge is 0.380 e. The third-order valence-corrected chi connectivity index (χ3v) is 1.22. The van der Waals surface area contributed by atoms with Gasteiger partial charge in [-0.15, -0.1) is 0 Å². The molecule has 0 radical (unpaired) electrons. The molecule has 3 nitrogen and oxygen atoms in total. The summed E-state index contributed by atoms with van der Waals surface area (Å²) < 4.78 is 0. The molecule has 0 aromatic rings. The summed E-state index contributed by atoms with van der Waals surface area (Å²) in [7, 11) is 0. The van der Waals surface area contributed by atoms with Crippen LogP contribution in [0.3, 0.4) is 0 Å². The fourth-order valence-corrected chi connectivity index (χ4v) is 0.644. The van der Waals surface area contributed by atoms with Crippen LogP contribution in [0.4, 0.5) is 0 Å². The Hall–Kier alpha value is -0.830. The first-order valence-corrected chi connectivity index (χ1v) is 3.00. The van der Waals surface area contributed by atoms with Crippen molar-refractivity contribution in [3.05, 3.63) is 11.9 Å². The lowest BCUT2D eigenvalue weighted by molar-refractivity contribution is 0.735. The van der Waals surface area contributed by atoms with Crippen molar-refractivity contribution < 1.29 is 0 Å². The van der Waals surface area contributed by atoms with Crippen molar-refractivity contribution in [2.24, 2.45) is 10.7 Å². The van der Waals surface area contributed by atoms with Crippen molar-refractivity contribution in [1.29, 1.82) is 0 Å². The number of hydrogen-bond donors (Lipinski definition) is 2. The number of hydrogen-bond acceptors (Lipinski definition) is 3. The standard InChI is InChI=1S/C6H11N3/c1-5-3-9-6(2-7)4-8-5/h3-4,6,9H,2,7H2,1H3. The van der Waals surface area contributed by atoms with E-state index in [1.807, 2.05) is 19.3 Å². The predicted octanol–water partition coefficient (Wildman–Crippen LogP) is -0.151. The second-order valence-electron chi connectivity index (χ2n) is 2.07. The van der Waals surface area contributed by atoms with Crippen LogP contribution in [0.25, 0.3) is 0 Å². The van der Waals surface area contributed by atoms with E-state index in [0.29, 0.717) is 6.54 Å². The van der Waals surface area contributed by atoms with Crippen molar-refractivity contribution in [2.45, 2.75) is 13.0 Å². The van der Waals surface area contributed by atoms with Gasteiger partial charge in [-0.05, 0) is 6.92 Å². The molecule has 0 aliphatic carbocycles. The maximum atomic E-state index is 5.37. The van der Waals surface area contributed by atoms with E-state index < -0.39 is 0 Å². The van der Waals surface area contributed by atoms with Gasteiger partial charge in [0.15, 0.2) is 0 Å². The highest BCUT2D eigenvalue weighted by Gasteiger charge is 2.02. The van der Waals surface area contributed by atoms with E-state index in [-0.39, 0.29) is 6.04 Å². The number of rotatable bonds is 1. The Morgan fingerprint density at radius 2 is 2.67 bits per heavy atom. The molecule has 9 heavy (non-hydrogen) atoms. The molecule has 0 aromatic carbocycles. The third-order valence-electron chi connectivity index (χ3n) is 1.22. The zero-order chi connectivity index (χ0) is 6.69. The van der Waals surface area contributed by atoms with E-state index in [9.17, 15) is 0 Å². The zero-order valence-electron chi connectivity index (χ0n) is 5.46. The zero-order valence-corrected chi connectivity index (χ0v) is 5.46. The molecule has 50 valence electrons. The summed E-state index contributed by atoms with van der Waals surface area (Å²) in [6.45, 7) is 2.55. The van der Waals surface area contributed by atoms with Crippen LogP contribution in [-0.2, 0) is 0 Å². The molecule has 1 rings (SSSR count). The van der Waals surface area contributed by atoms with Gasteiger partial charge in [0.05, 0.1) is 11.7 Å². The molecule has 1 heterocycles. The van der Waals surface area contributed by atoms with E-state index >= 15 is 0 Å². The minimum Gasteiger partial charge on any atom is -0.380 e. The fraction of sp³-hybridized carbons (Fsp3) is 0.500. The smallest absolute Gasteiger partial charge is 0.0733 e. The molecule has 3 N–H and O–H groups in total. The molecule has 0 aromatic heterocycles. The van der Waals surface area contributed by atoms with Crippen LogP contribution in [0.1, 0.15) is 6.92 Å². The molecule has 0 spiro atoms. The average Bonchev–Trinajstić information content (AvgIpc) is 1.90. The molecule has 0 fully saturated rings. The van der Waals surface area contributed by atoms with E-state index in [1.165, 1.54) is 0 Å². The summed E-state index contributed by atoms with van der Waals surface area (Å²) in [4.78, 5) is 4.08. The van der Waals surface area contributed by atoms with Crippen molar-refractivity contribution >= 4 is 6.21 Å². The summed E-state index contributed by atoms with van der Waals surface area (Å²) in [5.74, 6) is 0. The molecule has 1 aliphatic rings. The van der Waals surface area contributed by atoms with E-state index in [0.717, 1.165) is 5.70 Å². The monoisotopic (exact) mass is 125 g/mol. The summed E-state index contributed by atoms with van der Waals surface area (Å²) in [6, 6.07) is 0.230. The summed E-state index contributed by atoms with van der Waals surface area (Å²) in [5, 5.41) is 3.08. The maximum Gasteiger partial charge on any atom is 0.0733 e. The highest BCUT2D eigenvalue weighted by atomic mass is 15.0. The van der Waals surface area contributed by atoms with Gasteiger partial charge in [-0.25, -0.2) is 0 Å². The number of nitrogens with zero attached hydrogens (tertiary/aromatic N) is 1. The van der Waals surface area contributed by atoms with Crippen LogP contribution in [0, 0.1) is 0 Å². The van der Waals surface area contributed by atoms with Crippen LogP contribution < -0.4 is 11.1 Å². The van der Waals surface area contributed by atoms with Gasteiger partial charge in [-0.3, -0.25) is 4.99 Å². The Labute approximate surface area is 54.7 Å². The van der Waals surface area contributed by atoms with Crippen molar-refractivity contribution in [3.8, 4) is 0 Å². The molecule has 1 unspecified atom stereocenters. The topological polar surface area (TPSA) is 50.4 Å². The van der Waals surface area contributed by atoms with Crippen molar-refractivity contribution in [2.75, 3.05) is 6.54 Å². The lowest BCUT2D eigenvalue weighted by Crippen LogP contribution is -2.35. The van der Waals surface area contributed by atoms with Gasteiger partial charge in [0, 0.05) is 19.0 Å². The summed E-state index contributed by atoms with van der Waals surface area (Å²) >= 11 is 0. The van der Waals surface area contributed by atoms with E-state index in [1.54, 1.807) is 0 Å². The van der Waals surface area contributed by atoms with Crippen LogP contribution in [0.15, 0.2) is 16.9 Å². The molecular weight excluding hydrogens is 114 g/mol. The Kier molecular flexibility index (Phi) is 1.85. The van der Waals surface area contributed by atoms with Crippen LogP contribution >= 0.6 is 0 Å². The summed E-state index contributed by atoms with van der Waals surface area (Å²) in [6.07, 6.45) is 3.70. The Balaban J connectivity index is 2.48. The van der Waals surface area contributed by atoms with Gasteiger partial charge in [0.1, 0.15) is 0 Å². The van der Waals surface area contributed by atoms with Gasteiger partial charge < -0.3 is 11.1 Å². The molecule has 1 atom stereocenters. The Bertz CT molecular complexity index is 148. The lowest BCUT2D eigenvalue weighted by atomic mass is 10.3. The minimum atomic E-state index is 0.230. The number of nitrogens with two attached hydrogens (primary N) is 1. The molecule has 0 saturated carbocycles. The highest BCUT2D eigenvalue weighted by Crippen LogP contribution is 1.96. The van der Waals surface area contributed by atoms with E-state index in [4.69, 9.17) is 5.73 Å². The lowest BCUT2D eigenvalue weighted by Gasteiger charge is -2.13. The van der Waals surface area contributed by atoms with Gasteiger partial charge in [-0.1, -0.05) is 0 Å². The summed E-state index contributed by atoms with van der Waals surface area (Å²) in [5.41, 5.74) is 6.37. The quantitative estimate of drug-likeness (QED) is 0.512. The molecule has 0 saturated heterocycles. The van der Waals surface area contributed by atoms with Gasteiger partial charge >= 0.3 is 0 Å². The second kappa shape index (κ2) is 2.64. The van der Waals surface area contributed by atoms with Crippen molar-refractivity contribution in [1.82, 2.24) is 5.32 Å². The normalized spacial score (nSPS) is 25.1. The van der Waals surface area contributed by atoms with Crippen molar-refractivity contribution in [3.63, 3.8) is 0 Å². The first-order valence-electron chi connectivity index (χ1n) is 3.00. The molecule has 3 heteroatoms. The minimum absolute atomic E-state index is 0.230. The fourth-order valence-electron chi connectivity index (χ4n) is 0.644. The van der Waals surface area contributed by atoms with Gasteiger partial charge in [0.25, 0.3) is 0 Å². The SMILES string of the molecule is CC1=CNC(CN)C=N1. The van der Waals surface area contributed by atoms with Crippen LogP contribution in [0.5, 0.6) is 0 Å². The maximum absolute atomic E-state index is 5.37. The molecule has 1 aliphatic heterocycles. The first kappa shape index (κ1) is 6.29. The average molecular weight is 125 g/mol. The predicted molar refractivity (Wildman–Crippen MR) is 38.2 cm³/mol. The number of aliphatic imine (C=N–C) groups is 1. The molecule has 0 amide bonds. The third kappa shape index (κ3) is 1.54. The van der Waals surface area contributed by atoms with Gasteiger partial charge in [-0.2, -0.15) is 0 Å². The number of allylic oxidation sites excluding steroid dienone is 1. The first-order chi connectivity index (χ1) is 4.33. The molecule has 0 bridgehead atoms. The van der Waals surface area contributed by atoms with E-state index in [2.05, 4.69) is 10.3 Å².